The summed E-state index contributed by atoms with van der Waals surface area (Å²) in [6, 6.07) is 3.77. The van der Waals surface area contributed by atoms with E-state index < -0.39 is 0 Å². The smallest absolute Gasteiger partial charge is 0.180 e. The number of nitrogens with one attached hydrogen (secondary N) is 1. The fourth-order valence-electron chi connectivity index (χ4n) is 1.77. The number of halogens is 1. The van der Waals surface area contributed by atoms with Crippen molar-refractivity contribution in [2.45, 2.75) is 26.5 Å². The van der Waals surface area contributed by atoms with Crippen LogP contribution in [0, 0.1) is 0 Å². The second kappa shape index (κ2) is 9.84. The highest BCUT2D eigenvalue weighted by atomic mass is 35.5. The minimum absolute atomic E-state index is 0.0315. The molecule has 1 aromatic rings. The maximum atomic E-state index is 8.59. The maximum absolute atomic E-state index is 8.59. The number of aliphatic hydroxyl groups excluding tert-OH is 1. The first-order chi connectivity index (χ1) is 10.1. The van der Waals surface area contributed by atoms with Gasteiger partial charge in [0, 0.05) is 13.1 Å². The highest BCUT2D eigenvalue weighted by Crippen LogP contribution is 2.37. The number of hydrogen-bond donors (Lipinski definition) is 2. The van der Waals surface area contributed by atoms with Crippen LogP contribution in [0.5, 0.6) is 11.5 Å². The molecule has 0 amide bonds. The first-order valence-corrected chi connectivity index (χ1v) is 7.38. The van der Waals surface area contributed by atoms with Crippen LogP contribution in [0.1, 0.15) is 19.4 Å². The molecule has 0 saturated heterocycles. The topological polar surface area (TPSA) is 60.0 Å². The third-order valence-electron chi connectivity index (χ3n) is 2.63. The van der Waals surface area contributed by atoms with Crippen LogP contribution in [0.3, 0.4) is 0 Å². The first-order valence-electron chi connectivity index (χ1n) is 7.00. The van der Waals surface area contributed by atoms with Crippen molar-refractivity contribution >= 4 is 11.6 Å². The molecule has 0 aliphatic carbocycles. The van der Waals surface area contributed by atoms with Gasteiger partial charge >= 0.3 is 0 Å². The van der Waals surface area contributed by atoms with Gasteiger partial charge in [0.2, 0.25) is 0 Å². The van der Waals surface area contributed by atoms with Gasteiger partial charge in [-0.05, 0) is 31.5 Å². The van der Waals surface area contributed by atoms with Gasteiger partial charge < -0.3 is 24.6 Å². The van der Waals surface area contributed by atoms with Crippen LogP contribution >= 0.6 is 11.6 Å². The van der Waals surface area contributed by atoms with Crippen LogP contribution in [0.2, 0.25) is 5.02 Å². The summed E-state index contributed by atoms with van der Waals surface area (Å²) in [6.45, 7) is 6.20. The second-order valence-corrected chi connectivity index (χ2v) is 5.20. The Morgan fingerprint density at radius 3 is 2.67 bits per heavy atom. The van der Waals surface area contributed by atoms with E-state index in [0.29, 0.717) is 42.8 Å². The Balaban J connectivity index is 2.58. The van der Waals surface area contributed by atoms with E-state index in [-0.39, 0.29) is 12.7 Å². The second-order valence-electron chi connectivity index (χ2n) is 4.79. The van der Waals surface area contributed by atoms with E-state index in [0.717, 1.165) is 5.56 Å². The molecule has 0 fully saturated rings. The number of ether oxygens (including phenoxy) is 3. The molecule has 0 aliphatic heterocycles. The normalized spacial score (nSPS) is 11.0. The predicted molar refractivity (Wildman–Crippen MR) is 83.4 cm³/mol. The molecule has 0 heterocycles. The fraction of sp³-hybridized carbons (Fsp3) is 0.600. The van der Waals surface area contributed by atoms with E-state index in [2.05, 4.69) is 5.32 Å². The Morgan fingerprint density at radius 1 is 1.29 bits per heavy atom. The quantitative estimate of drug-likeness (QED) is 0.648. The average Bonchev–Trinajstić information content (AvgIpc) is 2.44. The number of methoxy groups -OCH3 is 1. The first kappa shape index (κ1) is 18.0. The lowest BCUT2D eigenvalue weighted by molar-refractivity contribution is 0.0938. The highest BCUT2D eigenvalue weighted by molar-refractivity contribution is 6.32. The van der Waals surface area contributed by atoms with Crippen molar-refractivity contribution in [3.63, 3.8) is 0 Å². The summed E-state index contributed by atoms with van der Waals surface area (Å²) in [6.07, 6.45) is 0.0315. The van der Waals surface area contributed by atoms with E-state index in [4.69, 9.17) is 30.9 Å². The Labute approximate surface area is 131 Å². The van der Waals surface area contributed by atoms with Crippen LogP contribution in [0.15, 0.2) is 12.1 Å². The van der Waals surface area contributed by atoms with Gasteiger partial charge in [-0.2, -0.15) is 0 Å². The molecular weight excluding hydrogens is 294 g/mol. The average molecular weight is 318 g/mol. The third-order valence-corrected chi connectivity index (χ3v) is 2.91. The van der Waals surface area contributed by atoms with E-state index >= 15 is 0 Å². The van der Waals surface area contributed by atoms with Crippen LogP contribution in [-0.4, -0.2) is 44.7 Å². The van der Waals surface area contributed by atoms with Gasteiger partial charge in [-0.15, -0.1) is 0 Å². The summed E-state index contributed by atoms with van der Waals surface area (Å²) in [7, 11) is 1.60. The van der Waals surface area contributed by atoms with Crippen molar-refractivity contribution in [3.8, 4) is 11.5 Å². The van der Waals surface area contributed by atoms with Gasteiger partial charge in [-0.3, -0.25) is 0 Å². The molecule has 21 heavy (non-hydrogen) atoms. The van der Waals surface area contributed by atoms with Gasteiger partial charge in [-0.1, -0.05) is 11.6 Å². The molecular formula is C15H24ClNO4. The van der Waals surface area contributed by atoms with Crippen molar-refractivity contribution in [1.82, 2.24) is 5.32 Å². The minimum atomic E-state index is 0.0315. The zero-order valence-corrected chi connectivity index (χ0v) is 13.6. The molecule has 0 radical (unpaired) electrons. The van der Waals surface area contributed by atoms with Crippen LogP contribution in [0.25, 0.3) is 0 Å². The molecule has 0 aliphatic rings. The number of hydrogen-bond acceptors (Lipinski definition) is 5. The monoisotopic (exact) mass is 317 g/mol. The molecule has 6 heteroatoms. The largest absolute Gasteiger partial charge is 0.493 e. The lowest BCUT2D eigenvalue weighted by atomic mass is 10.2. The van der Waals surface area contributed by atoms with Crippen LogP contribution in [0.4, 0.5) is 0 Å². The summed E-state index contributed by atoms with van der Waals surface area (Å²) in [5.41, 5.74) is 1.01. The minimum Gasteiger partial charge on any atom is -0.493 e. The highest BCUT2D eigenvalue weighted by Gasteiger charge is 2.13. The number of aliphatic hydroxyl groups is 1. The molecule has 2 N–H and O–H groups in total. The van der Waals surface area contributed by atoms with E-state index in [1.165, 1.54) is 0 Å². The molecule has 0 saturated carbocycles. The molecule has 0 aromatic heterocycles. The van der Waals surface area contributed by atoms with Gasteiger partial charge in [0.25, 0.3) is 0 Å². The summed E-state index contributed by atoms with van der Waals surface area (Å²) in [5.74, 6) is 1.20. The van der Waals surface area contributed by atoms with Gasteiger partial charge in [0.1, 0.15) is 0 Å². The molecule has 120 valence electrons. The van der Waals surface area contributed by atoms with E-state index in [1.807, 2.05) is 26.0 Å². The summed E-state index contributed by atoms with van der Waals surface area (Å²) in [4.78, 5) is 0. The van der Waals surface area contributed by atoms with E-state index in [1.54, 1.807) is 7.11 Å². The van der Waals surface area contributed by atoms with Crippen molar-refractivity contribution in [1.29, 1.82) is 0 Å². The SMILES string of the molecule is COc1cc(CNCCOCCO)cc(Cl)c1OC(C)C. The summed E-state index contributed by atoms with van der Waals surface area (Å²) in [5, 5.41) is 12.4. The molecule has 0 unspecified atom stereocenters. The van der Waals surface area contributed by atoms with Gasteiger partial charge in [-0.25, -0.2) is 0 Å². The Bertz CT molecular complexity index is 426. The molecule has 5 nitrogen and oxygen atoms in total. The lowest BCUT2D eigenvalue weighted by Crippen LogP contribution is -2.20. The maximum Gasteiger partial charge on any atom is 0.180 e. The van der Waals surface area contributed by atoms with Crippen LogP contribution < -0.4 is 14.8 Å². The number of benzene rings is 1. The standard InChI is InChI=1S/C15H24ClNO4/c1-11(2)21-15-13(16)8-12(9-14(15)19-3)10-17-4-6-20-7-5-18/h8-9,11,17-18H,4-7,10H2,1-3H3. The zero-order chi connectivity index (χ0) is 15.7. The fourth-order valence-corrected chi connectivity index (χ4v) is 2.05. The van der Waals surface area contributed by atoms with Gasteiger partial charge in [0.15, 0.2) is 11.5 Å². The van der Waals surface area contributed by atoms with Crippen LogP contribution in [-0.2, 0) is 11.3 Å². The van der Waals surface area contributed by atoms with Crippen molar-refractivity contribution < 1.29 is 19.3 Å². The lowest BCUT2D eigenvalue weighted by Gasteiger charge is -2.16. The Hall–Kier alpha value is -1.01. The Morgan fingerprint density at radius 2 is 2.05 bits per heavy atom. The molecule has 0 atom stereocenters. The van der Waals surface area contributed by atoms with Crippen molar-refractivity contribution in [2.24, 2.45) is 0 Å². The zero-order valence-electron chi connectivity index (χ0n) is 12.8. The Kier molecular flexibility index (Phi) is 8.45. The number of rotatable bonds is 10. The molecule has 0 bridgehead atoms. The molecule has 1 aromatic carbocycles. The van der Waals surface area contributed by atoms with Gasteiger partial charge in [0.05, 0.1) is 38.1 Å². The van der Waals surface area contributed by atoms with E-state index in [9.17, 15) is 0 Å². The molecule has 1 rings (SSSR count). The van der Waals surface area contributed by atoms with Crippen molar-refractivity contribution in [3.05, 3.63) is 22.7 Å². The summed E-state index contributed by atoms with van der Waals surface area (Å²) >= 11 is 6.25. The predicted octanol–water partition coefficient (Wildman–Crippen LogP) is 2.23. The third kappa shape index (κ3) is 6.52. The molecule has 0 spiro atoms. The summed E-state index contributed by atoms with van der Waals surface area (Å²) < 4.78 is 16.2. The van der Waals surface area contributed by atoms with Crippen molar-refractivity contribution in [2.75, 3.05) is 33.5 Å².